The van der Waals surface area contributed by atoms with Crippen molar-refractivity contribution in [2.75, 3.05) is 5.73 Å². The average molecular weight is 256 g/mol. The van der Waals surface area contributed by atoms with Gasteiger partial charge in [0.2, 0.25) is 0 Å². The summed E-state index contributed by atoms with van der Waals surface area (Å²) in [6.07, 6.45) is 6.88. The molecule has 0 saturated heterocycles. The predicted molar refractivity (Wildman–Crippen MR) is 63.1 cm³/mol. The highest BCUT2D eigenvalue weighted by molar-refractivity contribution is 6.25. The van der Waals surface area contributed by atoms with Crippen LogP contribution in [0.25, 0.3) is 0 Å². The Labute approximate surface area is 103 Å². The molecule has 2 N–H and O–H groups in total. The van der Waals surface area contributed by atoms with Crippen LogP contribution in [0.4, 0.5) is 10.2 Å². The van der Waals surface area contributed by atoms with Gasteiger partial charge < -0.3 is 10.5 Å². The summed E-state index contributed by atoms with van der Waals surface area (Å²) in [7, 11) is 0. The summed E-state index contributed by atoms with van der Waals surface area (Å²) in [4.78, 5) is 6.87. The van der Waals surface area contributed by atoms with Crippen LogP contribution in [0.5, 0.6) is 6.01 Å². The number of rotatable bonds is 2. The maximum Gasteiger partial charge on any atom is 0.323 e. The Balaban J connectivity index is 2.14. The Bertz CT molecular complexity index is 499. The van der Waals surface area contributed by atoms with Gasteiger partial charge in [-0.15, -0.1) is 11.6 Å². The summed E-state index contributed by atoms with van der Waals surface area (Å²) in [6.45, 7) is 1.86. The van der Waals surface area contributed by atoms with Gasteiger partial charge in [-0.05, 0) is 13.0 Å². The Morgan fingerprint density at radius 3 is 3.00 bits per heavy atom. The van der Waals surface area contributed by atoms with E-state index in [1.165, 1.54) is 0 Å². The van der Waals surface area contributed by atoms with Crippen molar-refractivity contribution in [2.45, 2.75) is 18.2 Å². The molecule has 17 heavy (non-hydrogen) atoms. The molecule has 6 heteroatoms. The molecule has 0 amide bonds. The van der Waals surface area contributed by atoms with Gasteiger partial charge in [-0.25, -0.2) is 9.37 Å². The molecule has 4 nitrogen and oxygen atoms in total. The number of nitrogens with zero attached hydrogens (tertiary/aromatic N) is 2. The van der Waals surface area contributed by atoms with Crippen LogP contribution in [0.2, 0.25) is 0 Å². The molecular formula is C11H11ClFN3O. The molecule has 1 heterocycles. The maximum absolute atomic E-state index is 12.8. The minimum absolute atomic E-state index is 0.0120. The Morgan fingerprint density at radius 1 is 1.59 bits per heavy atom. The van der Waals surface area contributed by atoms with Crippen LogP contribution in [0.15, 0.2) is 30.2 Å². The Morgan fingerprint density at radius 2 is 2.35 bits per heavy atom. The van der Waals surface area contributed by atoms with E-state index in [0.29, 0.717) is 12.2 Å². The smallest absolute Gasteiger partial charge is 0.323 e. The zero-order valence-corrected chi connectivity index (χ0v) is 9.91. The molecule has 1 aromatic rings. The van der Waals surface area contributed by atoms with Crippen molar-refractivity contribution in [3.8, 4) is 6.01 Å². The van der Waals surface area contributed by atoms with Gasteiger partial charge in [-0.2, -0.15) is 4.98 Å². The normalized spacial score (nSPS) is 23.4. The van der Waals surface area contributed by atoms with Crippen LogP contribution in [0.3, 0.4) is 0 Å². The Hall–Kier alpha value is -1.62. The molecule has 0 fully saturated rings. The molecule has 0 unspecified atom stereocenters. The number of allylic oxidation sites excluding steroid dienone is 4. The quantitative estimate of drug-likeness (QED) is 0.825. The van der Waals surface area contributed by atoms with Crippen molar-refractivity contribution >= 4 is 17.4 Å². The van der Waals surface area contributed by atoms with Gasteiger partial charge in [0.1, 0.15) is 5.76 Å². The summed E-state index contributed by atoms with van der Waals surface area (Å²) in [5.41, 5.74) is 5.31. The number of aromatic nitrogens is 2. The summed E-state index contributed by atoms with van der Waals surface area (Å²) >= 11 is 6.16. The number of halogens is 2. The highest BCUT2D eigenvalue weighted by Crippen LogP contribution is 2.29. The fourth-order valence-electron chi connectivity index (χ4n) is 1.41. The molecule has 0 spiro atoms. The van der Waals surface area contributed by atoms with Crippen LogP contribution in [-0.2, 0) is 0 Å². The van der Waals surface area contributed by atoms with Crippen molar-refractivity contribution in [1.82, 2.24) is 9.97 Å². The largest absolute Gasteiger partial charge is 0.429 e. The fourth-order valence-corrected chi connectivity index (χ4v) is 1.62. The molecule has 2 rings (SSSR count). The van der Waals surface area contributed by atoms with Gasteiger partial charge in [0.05, 0.1) is 11.1 Å². The lowest BCUT2D eigenvalue weighted by molar-refractivity contribution is 0.360. The maximum atomic E-state index is 12.8. The lowest BCUT2D eigenvalue weighted by Crippen LogP contribution is -2.18. The van der Waals surface area contributed by atoms with Gasteiger partial charge >= 0.3 is 6.01 Å². The number of hydrogen-bond donors (Lipinski definition) is 1. The highest BCUT2D eigenvalue weighted by Gasteiger charge is 2.23. The second kappa shape index (κ2) is 4.33. The van der Waals surface area contributed by atoms with E-state index in [-0.39, 0.29) is 11.8 Å². The van der Waals surface area contributed by atoms with Crippen molar-refractivity contribution in [1.29, 1.82) is 0 Å². The number of alkyl halides is 1. The lowest BCUT2D eigenvalue weighted by atomic mass is 10.0. The van der Waals surface area contributed by atoms with Gasteiger partial charge in [0.25, 0.3) is 0 Å². The lowest BCUT2D eigenvalue weighted by Gasteiger charge is -2.21. The average Bonchev–Trinajstić information content (AvgIpc) is 2.22. The minimum Gasteiger partial charge on any atom is -0.429 e. The third-order valence-corrected chi connectivity index (χ3v) is 2.48. The van der Waals surface area contributed by atoms with Gasteiger partial charge in [0.15, 0.2) is 11.6 Å². The number of nitrogens with two attached hydrogens (primary N) is 1. The topological polar surface area (TPSA) is 61.0 Å². The molecule has 0 aliphatic heterocycles. The standard InChI is InChI=1S/C11H11ClFN3O/c1-11(12)4-2-3-7(5-11)17-10-15-6-8(13)9(14)16-10/h2-4,6H,5H2,1H3,(H2,14,15,16)/t11-/m1/s1. The van der Waals surface area contributed by atoms with Crippen molar-refractivity contribution < 1.29 is 9.13 Å². The van der Waals surface area contributed by atoms with Gasteiger partial charge in [-0.1, -0.05) is 12.2 Å². The molecule has 1 aliphatic carbocycles. The zero-order chi connectivity index (χ0) is 12.5. The number of nitrogen functional groups attached to an aromatic ring is 1. The summed E-state index contributed by atoms with van der Waals surface area (Å²) in [5, 5.41) is 0. The number of hydrogen-bond acceptors (Lipinski definition) is 4. The van der Waals surface area contributed by atoms with Crippen molar-refractivity contribution in [2.24, 2.45) is 0 Å². The molecule has 1 aromatic heterocycles. The molecule has 1 atom stereocenters. The van der Waals surface area contributed by atoms with E-state index < -0.39 is 10.7 Å². The van der Waals surface area contributed by atoms with Gasteiger partial charge in [-0.3, -0.25) is 0 Å². The number of ether oxygens (including phenoxy) is 1. The van der Waals surface area contributed by atoms with E-state index in [1.807, 2.05) is 13.0 Å². The summed E-state index contributed by atoms with van der Waals surface area (Å²) in [6, 6.07) is 0.0120. The molecule has 0 bridgehead atoms. The molecule has 90 valence electrons. The van der Waals surface area contributed by atoms with Crippen LogP contribution in [-0.4, -0.2) is 14.8 Å². The second-order valence-electron chi connectivity index (χ2n) is 3.93. The predicted octanol–water partition coefficient (Wildman–Crippen LogP) is 2.42. The third kappa shape index (κ3) is 2.94. The van der Waals surface area contributed by atoms with Crippen LogP contribution >= 0.6 is 11.6 Å². The van der Waals surface area contributed by atoms with E-state index in [4.69, 9.17) is 22.1 Å². The van der Waals surface area contributed by atoms with Crippen LogP contribution in [0.1, 0.15) is 13.3 Å². The van der Waals surface area contributed by atoms with Gasteiger partial charge in [0, 0.05) is 6.42 Å². The molecule has 0 radical (unpaired) electrons. The first kappa shape index (κ1) is 11.9. The van der Waals surface area contributed by atoms with Crippen molar-refractivity contribution in [3.63, 3.8) is 0 Å². The SMILES string of the molecule is C[C@@]1(Cl)C=CC=C(Oc2ncc(F)c(N)n2)C1. The van der Waals surface area contributed by atoms with E-state index in [9.17, 15) is 4.39 Å². The molecular weight excluding hydrogens is 245 g/mol. The molecule has 0 saturated carbocycles. The first-order valence-electron chi connectivity index (χ1n) is 4.99. The van der Waals surface area contributed by atoms with E-state index in [2.05, 4.69) is 9.97 Å². The molecule has 0 aromatic carbocycles. The third-order valence-electron chi connectivity index (χ3n) is 2.22. The highest BCUT2D eigenvalue weighted by atomic mass is 35.5. The van der Waals surface area contributed by atoms with Crippen molar-refractivity contribution in [3.05, 3.63) is 36.0 Å². The van der Waals surface area contributed by atoms with E-state index >= 15 is 0 Å². The zero-order valence-electron chi connectivity index (χ0n) is 9.15. The Kier molecular flexibility index (Phi) is 3.02. The number of anilines is 1. The first-order valence-corrected chi connectivity index (χ1v) is 5.37. The monoisotopic (exact) mass is 255 g/mol. The van der Waals surface area contributed by atoms with E-state index in [0.717, 1.165) is 6.20 Å². The fraction of sp³-hybridized carbons (Fsp3) is 0.273. The first-order chi connectivity index (χ1) is 7.96. The van der Waals surface area contributed by atoms with Crippen LogP contribution in [0, 0.1) is 5.82 Å². The summed E-state index contributed by atoms with van der Waals surface area (Å²) in [5.74, 6) is -0.302. The van der Waals surface area contributed by atoms with Crippen LogP contribution < -0.4 is 10.5 Å². The molecule has 1 aliphatic rings. The minimum atomic E-state index is -0.669. The second-order valence-corrected chi connectivity index (χ2v) is 4.80. The van der Waals surface area contributed by atoms with E-state index in [1.54, 1.807) is 12.2 Å². The summed E-state index contributed by atoms with van der Waals surface area (Å²) < 4.78 is 18.2.